The lowest BCUT2D eigenvalue weighted by molar-refractivity contribution is -0.0812. The molecule has 2 rings (SSSR count). The van der Waals surface area contributed by atoms with Gasteiger partial charge in [-0.15, -0.1) is 0 Å². The first-order valence-electron chi connectivity index (χ1n) is 9.09. The first-order chi connectivity index (χ1) is 12.2. The van der Waals surface area contributed by atoms with Gasteiger partial charge in [-0.25, -0.2) is 0 Å². The van der Waals surface area contributed by atoms with Gasteiger partial charge in [-0.3, -0.25) is 0 Å². The number of hydrogen-bond acceptors (Lipinski definition) is 4. The number of para-hydroxylation sites is 1. The molecule has 1 heterocycles. The molecular formula is C20H30BrNO3. The summed E-state index contributed by atoms with van der Waals surface area (Å²) >= 11 is 3.63. The van der Waals surface area contributed by atoms with E-state index in [1.54, 1.807) is 13.2 Å². The summed E-state index contributed by atoms with van der Waals surface area (Å²) in [6.07, 6.45) is 6.57. The lowest BCUT2D eigenvalue weighted by atomic mass is 9.74. The van der Waals surface area contributed by atoms with Crippen LogP contribution in [-0.2, 0) is 10.3 Å². The Bertz CT molecular complexity index is 546. The van der Waals surface area contributed by atoms with Gasteiger partial charge in [0.2, 0.25) is 0 Å². The minimum absolute atomic E-state index is 0.209. The molecule has 1 saturated heterocycles. The van der Waals surface area contributed by atoms with E-state index >= 15 is 0 Å². The van der Waals surface area contributed by atoms with Gasteiger partial charge in [0.05, 0.1) is 4.47 Å². The van der Waals surface area contributed by atoms with Crippen molar-refractivity contribution in [3.05, 3.63) is 40.9 Å². The van der Waals surface area contributed by atoms with Crippen molar-refractivity contribution in [2.45, 2.75) is 37.7 Å². The van der Waals surface area contributed by atoms with Crippen molar-refractivity contribution in [2.24, 2.45) is 5.92 Å². The Morgan fingerprint density at radius 2 is 2.28 bits per heavy atom. The van der Waals surface area contributed by atoms with Crippen molar-refractivity contribution >= 4 is 15.9 Å². The number of rotatable bonds is 10. The van der Waals surface area contributed by atoms with Gasteiger partial charge in [0.25, 0.3) is 0 Å². The van der Waals surface area contributed by atoms with E-state index in [1.165, 1.54) is 0 Å². The van der Waals surface area contributed by atoms with Crippen molar-refractivity contribution in [3.63, 3.8) is 0 Å². The molecule has 0 spiro atoms. The van der Waals surface area contributed by atoms with Crippen LogP contribution in [0.25, 0.3) is 0 Å². The van der Waals surface area contributed by atoms with Crippen molar-refractivity contribution in [1.29, 1.82) is 0 Å². The maximum absolute atomic E-state index is 9.24. The number of benzene rings is 1. The number of ether oxygens (including phenoxy) is 2. The number of aliphatic hydroxyl groups is 1. The number of nitrogens with one attached hydrogen (secondary N) is 1. The van der Waals surface area contributed by atoms with E-state index in [0.29, 0.717) is 12.5 Å². The molecule has 0 amide bonds. The average molecular weight is 412 g/mol. The zero-order valence-electron chi connectivity index (χ0n) is 15.1. The quantitative estimate of drug-likeness (QED) is 0.450. The molecular weight excluding hydrogens is 382 g/mol. The van der Waals surface area contributed by atoms with Crippen LogP contribution in [0.2, 0.25) is 0 Å². The van der Waals surface area contributed by atoms with Gasteiger partial charge in [-0.05, 0) is 60.6 Å². The van der Waals surface area contributed by atoms with Gasteiger partial charge in [0.15, 0.2) is 0 Å². The summed E-state index contributed by atoms with van der Waals surface area (Å²) in [4.78, 5) is 0. The Morgan fingerprint density at radius 3 is 2.92 bits per heavy atom. The fourth-order valence-corrected chi connectivity index (χ4v) is 4.30. The van der Waals surface area contributed by atoms with Crippen molar-refractivity contribution < 1.29 is 14.6 Å². The highest BCUT2D eigenvalue weighted by Gasteiger charge is 2.43. The molecule has 1 aromatic carbocycles. The third-order valence-electron chi connectivity index (χ3n) is 5.05. The highest BCUT2D eigenvalue weighted by Crippen LogP contribution is 2.47. The molecule has 2 atom stereocenters. The number of methoxy groups -OCH3 is 1. The molecule has 0 radical (unpaired) electrons. The van der Waals surface area contributed by atoms with Crippen LogP contribution in [0.15, 0.2) is 35.3 Å². The zero-order chi connectivity index (χ0) is 18.1. The second kappa shape index (κ2) is 10.3. The highest BCUT2D eigenvalue weighted by molar-refractivity contribution is 9.10. The molecule has 0 bridgehead atoms. The molecule has 5 heteroatoms. The van der Waals surface area contributed by atoms with Crippen LogP contribution < -0.4 is 10.1 Å². The molecule has 0 saturated carbocycles. The monoisotopic (exact) mass is 411 g/mol. The van der Waals surface area contributed by atoms with Crippen molar-refractivity contribution in [1.82, 2.24) is 5.32 Å². The molecule has 4 nitrogen and oxygen atoms in total. The predicted molar refractivity (Wildman–Crippen MR) is 105 cm³/mol. The minimum Gasteiger partial charge on any atom is -0.488 e. The SMILES string of the molecule is C=CCOc1c(Br)cccc1[C@@](CCCCO)(OC)[C@@H]1CCCNC1. The molecule has 0 aliphatic carbocycles. The number of aliphatic hydroxyl groups excluding tert-OH is 1. The predicted octanol–water partition coefficient (Wildman–Crippen LogP) is 4.02. The Labute approximate surface area is 159 Å². The lowest BCUT2D eigenvalue weighted by Gasteiger charge is -2.43. The maximum Gasteiger partial charge on any atom is 0.140 e. The Kier molecular flexibility index (Phi) is 8.43. The summed E-state index contributed by atoms with van der Waals surface area (Å²) in [5.74, 6) is 1.20. The second-order valence-electron chi connectivity index (χ2n) is 6.53. The Balaban J connectivity index is 2.45. The molecule has 1 aliphatic rings. The van der Waals surface area contributed by atoms with Gasteiger partial charge in [0.1, 0.15) is 18.0 Å². The summed E-state index contributed by atoms with van der Waals surface area (Å²) in [6.45, 7) is 6.41. The van der Waals surface area contributed by atoms with Crippen LogP contribution in [0.5, 0.6) is 5.75 Å². The van der Waals surface area contributed by atoms with E-state index in [4.69, 9.17) is 9.47 Å². The third-order valence-corrected chi connectivity index (χ3v) is 5.67. The highest BCUT2D eigenvalue weighted by atomic mass is 79.9. The minimum atomic E-state index is -0.428. The van der Waals surface area contributed by atoms with E-state index in [0.717, 1.165) is 61.0 Å². The first kappa shape index (κ1) is 20.4. The second-order valence-corrected chi connectivity index (χ2v) is 7.39. The van der Waals surface area contributed by atoms with Crippen LogP contribution >= 0.6 is 15.9 Å². The molecule has 2 N–H and O–H groups in total. The maximum atomic E-state index is 9.24. The molecule has 25 heavy (non-hydrogen) atoms. The van der Waals surface area contributed by atoms with Crippen LogP contribution in [0.3, 0.4) is 0 Å². The molecule has 1 aromatic rings. The van der Waals surface area contributed by atoms with Crippen LogP contribution in [0, 0.1) is 5.92 Å². The van der Waals surface area contributed by atoms with Crippen molar-refractivity contribution in [2.75, 3.05) is 33.4 Å². The molecule has 140 valence electrons. The smallest absolute Gasteiger partial charge is 0.140 e. The standard InChI is InChI=1S/C20H30BrNO3/c1-3-14-25-19-17(9-6-10-18(19)21)20(24-2,11-4-5-13-23)16-8-7-12-22-15-16/h3,6,9-10,16,22-23H,1,4-5,7-8,11-15H2,2H3/t16-,20+/m1/s1. The van der Waals surface area contributed by atoms with Gasteiger partial charge in [-0.2, -0.15) is 0 Å². The summed E-state index contributed by atoms with van der Waals surface area (Å²) < 4.78 is 13.2. The number of piperidine rings is 1. The normalized spacial score (nSPS) is 20.0. The number of hydrogen-bond donors (Lipinski definition) is 2. The van der Waals surface area contributed by atoms with Crippen molar-refractivity contribution in [3.8, 4) is 5.75 Å². The van der Waals surface area contributed by atoms with Gasteiger partial charge in [0, 0.05) is 31.7 Å². The van der Waals surface area contributed by atoms with Crippen LogP contribution in [0.4, 0.5) is 0 Å². The van der Waals surface area contributed by atoms with Gasteiger partial charge < -0.3 is 19.9 Å². The Morgan fingerprint density at radius 1 is 1.44 bits per heavy atom. The third kappa shape index (κ3) is 4.85. The van der Waals surface area contributed by atoms with Gasteiger partial charge in [-0.1, -0.05) is 24.8 Å². The summed E-state index contributed by atoms with van der Waals surface area (Å²) in [7, 11) is 1.80. The van der Waals surface area contributed by atoms with E-state index in [1.807, 2.05) is 12.1 Å². The number of halogens is 1. The van der Waals surface area contributed by atoms with Crippen LogP contribution in [-0.4, -0.2) is 38.5 Å². The largest absolute Gasteiger partial charge is 0.488 e. The Hall–Kier alpha value is -0.880. The average Bonchev–Trinajstić information content (AvgIpc) is 2.65. The summed E-state index contributed by atoms with van der Waals surface area (Å²) in [5, 5.41) is 12.7. The van der Waals surface area contributed by atoms with Gasteiger partial charge >= 0.3 is 0 Å². The van der Waals surface area contributed by atoms with E-state index in [-0.39, 0.29) is 6.61 Å². The van der Waals surface area contributed by atoms with Crippen LogP contribution in [0.1, 0.15) is 37.7 Å². The number of unbranched alkanes of at least 4 members (excludes halogenated alkanes) is 1. The first-order valence-corrected chi connectivity index (χ1v) is 9.88. The molecule has 0 unspecified atom stereocenters. The fraction of sp³-hybridized carbons (Fsp3) is 0.600. The fourth-order valence-electron chi connectivity index (χ4n) is 3.82. The van der Waals surface area contributed by atoms with E-state index in [9.17, 15) is 5.11 Å². The summed E-state index contributed by atoms with van der Waals surface area (Å²) in [5.41, 5.74) is 0.654. The lowest BCUT2D eigenvalue weighted by Crippen LogP contribution is -2.46. The van der Waals surface area contributed by atoms with E-state index < -0.39 is 5.60 Å². The molecule has 1 aliphatic heterocycles. The van der Waals surface area contributed by atoms with E-state index in [2.05, 4.69) is 33.9 Å². The summed E-state index contributed by atoms with van der Waals surface area (Å²) in [6, 6.07) is 6.14. The zero-order valence-corrected chi connectivity index (χ0v) is 16.7. The molecule has 1 fully saturated rings. The molecule has 0 aromatic heterocycles. The topological polar surface area (TPSA) is 50.7 Å².